The Morgan fingerprint density at radius 2 is 1.84 bits per heavy atom. The molecule has 3 aromatic carbocycles. The number of aromatic carboxylic acids is 1. The lowest BCUT2D eigenvalue weighted by Gasteiger charge is -2.24. The Kier molecular flexibility index (Phi) is 6.78. The number of amides is 1. The van der Waals surface area contributed by atoms with Crippen LogP contribution in [-0.4, -0.2) is 44.8 Å². The maximum atomic E-state index is 14.5. The molecule has 38 heavy (non-hydrogen) atoms. The number of nitrogens with one attached hydrogen (secondary N) is 1. The van der Waals surface area contributed by atoms with Crippen LogP contribution in [0, 0.1) is 11.6 Å². The van der Waals surface area contributed by atoms with E-state index in [2.05, 4.69) is 10.4 Å². The smallest absolute Gasteiger partial charge is 0.335 e. The van der Waals surface area contributed by atoms with Crippen molar-refractivity contribution in [2.45, 2.75) is 13.2 Å². The summed E-state index contributed by atoms with van der Waals surface area (Å²) in [5.74, 6) is -2.02. The predicted molar refractivity (Wildman–Crippen MR) is 136 cm³/mol. The van der Waals surface area contributed by atoms with Gasteiger partial charge in [-0.05, 0) is 36.4 Å². The Morgan fingerprint density at radius 3 is 2.63 bits per heavy atom. The molecule has 1 amide bonds. The SMILES string of the molecule is Cn1nc(C(=O)N(CCNc2cc(C(=O)O)ccc2F)Cc2ccccc2F)c2c1-c1ccccc1OC2. The Bertz CT molecular complexity index is 1540. The van der Waals surface area contributed by atoms with E-state index in [0.29, 0.717) is 16.9 Å². The number of carboxylic acids is 1. The van der Waals surface area contributed by atoms with Gasteiger partial charge in [0.2, 0.25) is 0 Å². The van der Waals surface area contributed by atoms with E-state index in [1.807, 2.05) is 24.3 Å². The number of ether oxygens (including phenoxy) is 1. The Labute approximate surface area is 217 Å². The number of fused-ring (bicyclic) bond motifs is 3. The highest BCUT2D eigenvalue weighted by Gasteiger charge is 2.30. The van der Waals surface area contributed by atoms with E-state index in [1.165, 1.54) is 23.1 Å². The van der Waals surface area contributed by atoms with Crippen LogP contribution in [0.3, 0.4) is 0 Å². The fraction of sp³-hybridized carbons (Fsp3) is 0.179. The van der Waals surface area contributed by atoms with E-state index in [4.69, 9.17) is 4.74 Å². The molecule has 0 saturated heterocycles. The van der Waals surface area contributed by atoms with Crippen molar-refractivity contribution in [1.29, 1.82) is 0 Å². The zero-order valence-electron chi connectivity index (χ0n) is 20.4. The molecule has 0 saturated carbocycles. The van der Waals surface area contributed by atoms with Crippen molar-refractivity contribution in [3.63, 3.8) is 0 Å². The number of carbonyl (C=O) groups is 2. The zero-order chi connectivity index (χ0) is 26.8. The van der Waals surface area contributed by atoms with Crippen LogP contribution < -0.4 is 10.1 Å². The lowest BCUT2D eigenvalue weighted by atomic mass is 10.0. The lowest BCUT2D eigenvalue weighted by Crippen LogP contribution is -2.36. The van der Waals surface area contributed by atoms with Crippen molar-refractivity contribution in [3.8, 4) is 17.0 Å². The minimum Gasteiger partial charge on any atom is -0.488 e. The van der Waals surface area contributed by atoms with Gasteiger partial charge >= 0.3 is 5.97 Å². The van der Waals surface area contributed by atoms with Crippen molar-refractivity contribution in [2.24, 2.45) is 7.05 Å². The molecule has 0 unspecified atom stereocenters. The third-order valence-corrected chi connectivity index (χ3v) is 6.38. The number of carboxylic acid groups (broad SMARTS) is 1. The standard InChI is InChI=1S/C28H24F2N4O4/c1-33-26-19-7-3-5-9-24(19)38-16-20(26)25(32-33)27(35)34(15-18-6-2-4-8-21(18)29)13-12-31-23-14-17(28(36)37)10-11-22(23)30/h2-11,14,31H,12-13,15-16H2,1H3,(H,36,37). The summed E-state index contributed by atoms with van der Waals surface area (Å²) in [6.45, 7) is 0.245. The maximum absolute atomic E-state index is 14.5. The highest BCUT2D eigenvalue weighted by molar-refractivity contribution is 5.96. The van der Waals surface area contributed by atoms with Gasteiger partial charge in [-0.15, -0.1) is 0 Å². The molecule has 0 fully saturated rings. The Balaban J connectivity index is 1.43. The van der Waals surface area contributed by atoms with E-state index in [-0.39, 0.29) is 43.2 Å². The van der Waals surface area contributed by atoms with Crippen molar-refractivity contribution in [1.82, 2.24) is 14.7 Å². The van der Waals surface area contributed by atoms with E-state index in [1.54, 1.807) is 29.9 Å². The van der Waals surface area contributed by atoms with Crippen molar-refractivity contribution >= 4 is 17.6 Å². The van der Waals surface area contributed by atoms with Crippen molar-refractivity contribution in [3.05, 3.63) is 101 Å². The molecule has 10 heteroatoms. The molecule has 2 heterocycles. The molecule has 4 aromatic rings. The summed E-state index contributed by atoms with van der Waals surface area (Å²) in [6, 6.07) is 17.0. The van der Waals surface area contributed by atoms with Crippen LogP contribution in [0.15, 0.2) is 66.7 Å². The fourth-order valence-corrected chi connectivity index (χ4v) is 4.51. The number of rotatable bonds is 8. The number of hydrogen-bond donors (Lipinski definition) is 2. The molecular formula is C28H24F2N4O4. The van der Waals surface area contributed by atoms with Gasteiger partial charge in [-0.25, -0.2) is 13.6 Å². The number of carbonyl (C=O) groups excluding carboxylic acids is 1. The molecule has 1 aliphatic heterocycles. The molecule has 194 valence electrons. The van der Waals surface area contributed by atoms with E-state index in [9.17, 15) is 23.5 Å². The van der Waals surface area contributed by atoms with Crippen LogP contribution in [-0.2, 0) is 20.2 Å². The van der Waals surface area contributed by atoms with Crippen LogP contribution in [0.1, 0.15) is 32.0 Å². The molecule has 1 aromatic heterocycles. The quantitative estimate of drug-likeness (QED) is 0.351. The second kappa shape index (κ2) is 10.3. The second-order valence-corrected chi connectivity index (χ2v) is 8.83. The lowest BCUT2D eigenvalue weighted by molar-refractivity contribution is 0.0695. The molecular weight excluding hydrogens is 494 g/mol. The summed E-state index contributed by atoms with van der Waals surface area (Å²) in [5.41, 5.74) is 2.63. The van der Waals surface area contributed by atoms with Gasteiger partial charge < -0.3 is 20.1 Å². The van der Waals surface area contributed by atoms with Gasteiger partial charge in [-0.2, -0.15) is 5.10 Å². The van der Waals surface area contributed by atoms with Gasteiger partial charge in [-0.1, -0.05) is 30.3 Å². The molecule has 0 radical (unpaired) electrons. The first-order valence-electron chi connectivity index (χ1n) is 11.9. The van der Waals surface area contributed by atoms with Crippen LogP contribution in [0.2, 0.25) is 0 Å². The van der Waals surface area contributed by atoms with Crippen LogP contribution in [0.5, 0.6) is 5.75 Å². The molecule has 5 rings (SSSR count). The van der Waals surface area contributed by atoms with E-state index < -0.39 is 23.5 Å². The first-order chi connectivity index (χ1) is 18.3. The summed E-state index contributed by atoms with van der Waals surface area (Å²) in [7, 11) is 1.75. The summed E-state index contributed by atoms with van der Waals surface area (Å²) in [5, 5.41) is 16.5. The van der Waals surface area contributed by atoms with Gasteiger partial charge in [0.25, 0.3) is 5.91 Å². The van der Waals surface area contributed by atoms with Gasteiger partial charge in [-0.3, -0.25) is 9.48 Å². The first-order valence-corrected chi connectivity index (χ1v) is 11.9. The van der Waals surface area contributed by atoms with E-state index in [0.717, 1.165) is 17.3 Å². The van der Waals surface area contributed by atoms with Gasteiger partial charge in [0.15, 0.2) is 5.69 Å². The molecule has 0 bridgehead atoms. The second-order valence-electron chi connectivity index (χ2n) is 8.83. The fourth-order valence-electron chi connectivity index (χ4n) is 4.51. The first kappa shape index (κ1) is 24.9. The molecule has 2 N–H and O–H groups in total. The van der Waals surface area contributed by atoms with Crippen molar-refractivity contribution < 1.29 is 28.2 Å². The predicted octanol–water partition coefficient (Wildman–Crippen LogP) is 4.71. The summed E-state index contributed by atoms with van der Waals surface area (Å²) < 4.78 is 36.3. The number of benzene rings is 3. The number of halogens is 2. The van der Waals surface area contributed by atoms with Crippen LogP contribution in [0.25, 0.3) is 11.3 Å². The number of aryl methyl sites for hydroxylation is 1. The average molecular weight is 519 g/mol. The summed E-state index contributed by atoms with van der Waals surface area (Å²) in [4.78, 5) is 26.5. The third-order valence-electron chi connectivity index (χ3n) is 6.38. The Hall–Kier alpha value is -4.73. The highest BCUT2D eigenvalue weighted by Crippen LogP contribution is 2.38. The normalized spacial score (nSPS) is 11.8. The molecule has 0 aliphatic carbocycles. The molecule has 8 nitrogen and oxygen atoms in total. The van der Waals surface area contributed by atoms with Crippen LogP contribution in [0.4, 0.5) is 14.5 Å². The maximum Gasteiger partial charge on any atom is 0.335 e. The number of nitrogens with zero attached hydrogens (tertiary/aromatic N) is 3. The molecule has 0 spiro atoms. The number of hydrogen-bond acceptors (Lipinski definition) is 5. The zero-order valence-corrected chi connectivity index (χ0v) is 20.4. The number of para-hydroxylation sites is 1. The monoisotopic (exact) mass is 518 g/mol. The van der Waals surface area contributed by atoms with Gasteiger partial charge in [0.1, 0.15) is 24.0 Å². The largest absolute Gasteiger partial charge is 0.488 e. The average Bonchev–Trinajstić information content (AvgIpc) is 3.26. The molecule has 0 atom stereocenters. The van der Waals surface area contributed by atoms with E-state index >= 15 is 0 Å². The number of anilines is 1. The highest BCUT2D eigenvalue weighted by atomic mass is 19.1. The minimum atomic E-state index is -1.19. The topological polar surface area (TPSA) is 96.7 Å². The summed E-state index contributed by atoms with van der Waals surface area (Å²) >= 11 is 0. The van der Waals surface area contributed by atoms with Gasteiger partial charge in [0.05, 0.1) is 16.9 Å². The third kappa shape index (κ3) is 4.80. The van der Waals surface area contributed by atoms with Crippen molar-refractivity contribution in [2.75, 3.05) is 18.4 Å². The molecule has 1 aliphatic rings. The Morgan fingerprint density at radius 1 is 1.08 bits per heavy atom. The van der Waals surface area contributed by atoms with Crippen LogP contribution >= 0.6 is 0 Å². The van der Waals surface area contributed by atoms with Gasteiger partial charge in [0, 0.05) is 43.4 Å². The number of aromatic nitrogens is 2. The minimum absolute atomic E-state index is 0.0107. The summed E-state index contributed by atoms with van der Waals surface area (Å²) in [6.07, 6.45) is 0.